The number of hydrogen-bond donors (Lipinski definition) is 3. The molecule has 39 heavy (non-hydrogen) atoms. The van der Waals surface area contributed by atoms with Gasteiger partial charge in [0.05, 0.1) is 5.39 Å². The number of nitrogens with zero attached hydrogens (tertiary/aromatic N) is 4. The minimum atomic E-state index is -4.83. The zero-order valence-corrected chi connectivity index (χ0v) is 21.6. The normalized spacial score (nSPS) is 23.1. The Hall–Kier alpha value is -3.94. The molecule has 0 atom stereocenters. The molecule has 3 aromatic heterocycles. The van der Waals surface area contributed by atoms with E-state index in [4.69, 9.17) is 4.74 Å². The molecule has 0 unspecified atom stereocenters. The van der Waals surface area contributed by atoms with Gasteiger partial charge in [-0.2, -0.15) is 13.2 Å². The number of halogens is 3. The van der Waals surface area contributed by atoms with Crippen LogP contribution in [0.3, 0.4) is 0 Å². The zero-order valence-electron chi connectivity index (χ0n) is 21.6. The minimum Gasteiger partial charge on any atom is -0.443 e. The molecule has 14 heteroatoms. The SMILES string of the molecule is Cc1cc(Nc2ncnc3c2ccn3C(=O)OC(C)(C)C)c(=O)n2c1C(=O)NC21CCC(O)(C(F)(F)F)CC1.[HH]. The fourth-order valence-electron chi connectivity index (χ4n) is 5.20. The lowest BCUT2D eigenvalue weighted by atomic mass is 9.78. The van der Waals surface area contributed by atoms with Gasteiger partial charge in [0.25, 0.3) is 11.5 Å². The number of nitrogens with one attached hydrogen (secondary N) is 2. The molecule has 1 aliphatic heterocycles. The van der Waals surface area contributed by atoms with Crippen LogP contribution in [0, 0.1) is 6.92 Å². The van der Waals surface area contributed by atoms with Crippen LogP contribution in [0.1, 0.15) is 63.9 Å². The molecule has 1 saturated carbocycles. The van der Waals surface area contributed by atoms with Gasteiger partial charge in [0.15, 0.2) is 11.2 Å². The van der Waals surface area contributed by atoms with E-state index in [1.807, 2.05) is 0 Å². The number of fused-ring (bicyclic) bond motifs is 3. The Balaban J connectivity index is 0.00000370. The van der Waals surface area contributed by atoms with Gasteiger partial charge in [-0.3, -0.25) is 14.2 Å². The van der Waals surface area contributed by atoms with Crippen molar-refractivity contribution in [2.24, 2.45) is 0 Å². The standard InChI is InChI=1S/C25H27F3N6O5.H2/c1-13-11-15(31-17-14-5-10-33(18(14)30-12-29-17)21(37)39-22(2,3)4)20(36)34-16(13)19(35)32-24(34)8-6-23(38,7-9-24)25(26,27)28;/h5,10-12,38H,6-9H2,1-4H3,(H,32,35)(H,29,30,31);1H. The summed E-state index contributed by atoms with van der Waals surface area (Å²) >= 11 is 0. The van der Waals surface area contributed by atoms with Gasteiger partial charge >= 0.3 is 12.3 Å². The summed E-state index contributed by atoms with van der Waals surface area (Å²) in [7, 11) is 0. The Morgan fingerprint density at radius 3 is 2.46 bits per heavy atom. The number of hydrogen-bond acceptors (Lipinski definition) is 8. The molecular weight excluding hydrogens is 521 g/mol. The van der Waals surface area contributed by atoms with Gasteiger partial charge in [0, 0.05) is 7.62 Å². The first-order chi connectivity index (χ1) is 18.1. The summed E-state index contributed by atoms with van der Waals surface area (Å²) in [5, 5.41) is 16.2. The first-order valence-electron chi connectivity index (χ1n) is 12.3. The number of anilines is 2. The number of carbonyl (C=O) groups excluding carboxylic acids is 2. The second-order valence-electron chi connectivity index (χ2n) is 11.0. The average molecular weight is 551 g/mol. The maximum Gasteiger partial charge on any atom is 0.420 e. The summed E-state index contributed by atoms with van der Waals surface area (Å²) in [6.07, 6.45) is -4.76. The van der Waals surface area contributed by atoms with Crippen molar-refractivity contribution >= 4 is 34.5 Å². The van der Waals surface area contributed by atoms with Crippen molar-refractivity contribution in [2.45, 2.75) is 76.4 Å². The Kier molecular flexibility index (Phi) is 5.83. The highest BCUT2D eigenvalue weighted by Crippen LogP contribution is 2.47. The number of aliphatic hydroxyl groups is 1. The Morgan fingerprint density at radius 2 is 1.85 bits per heavy atom. The van der Waals surface area contributed by atoms with Crippen LogP contribution in [0.25, 0.3) is 11.0 Å². The van der Waals surface area contributed by atoms with E-state index < -0.39 is 53.4 Å². The lowest BCUT2D eigenvalue weighted by Crippen LogP contribution is -2.57. The van der Waals surface area contributed by atoms with E-state index in [1.165, 1.54) is 27.7 Å². The zero-order chi connectivity index (χ0) is 28.5. The molecular formula is C25H29F3N6O5. The fraction of sp³-hybridized carbons (Fsp3) is 0.480. The van der Waals surface area contributed by atoms with E-state index in [0.29, 0.717) is 10.9 Å². The van der Waals surface area contributed by atoms with Crippen molar-refractivity contribution in [1.82, 2.24) is 24.4 Å². The molecule has 3 N–H and O–H groups in total. The number of aromatic nitrogens is 4. The molecule has 1 amide bonds. The highest BCUT2D eigenvalue weighted by molar-refractivity contribution is 5.97. The molecule has 5 rings (SSSR count). The van der Waals surface area contributed by atoms with Crippen LogP contribution in [0.5, 0.6) is 0 Å². The van der Waals surface area contributed by atoms with E-state index in [-0.39, 0.29) is 37.1 Å². The third-order valence-corrected chi connectivity index (χ3v) is 7.14. The van der Waals surface area contributed by atoms with Gasteiger partial charge in [-0.05, 0) is 71.1 Å². The van der Waals surface area contributed by atoms with Crippen molar-refractivity contribution in [3.63, 3.8) is 0 Å². The summed E-state index contributed by atoms with van der Waals surface area (Å²) in [4.78, 5) is 47.5. The summed E-state index contributed by atoms with van der Waals surface area (Å²) < 4.78 is 48.1. The van der Waals surface area contributed by atoms with Crippen molar-refractivity contribution < 1.29 is 34.0 Å². The molecule has 0 radical (unpaired) electrons. The van der Waals surface area contributed by atoms with Crippen LogP contribution in [0.4, 0.5) is 29.5 Å². The monoisotopic (exact) mass is 550 g/mol. The first-order valence-corrected chi connectivity index (χ1v) is 12.3. The van der Waals surface area contributed by atoms with Crippen LogP contribution in [0.2, 0.25) is 0 Å². The van der Waals surface area contributed by atoms with Gasteiger partial charge < -0.3 is 20.5 Å². The molecule has 0 saturated heterocycles. The number of ether oxygens (including phenoxy) is 1. The second kappa shape index (κ2) is 8.53. The molecule has 4 heterocycles. The molecule has 210 valence electrons. The van der Waals surface area contributed by atoms with E-state index in [0.717, 1.165) is 0 Å². The van der Waals surface area contributed by atoms with Crippen molar-refractivity contribution in [2.75, 3.05) is 5.32 Å². The van der Waals surface area contributed by atoms with Crippen LogP contribution in [-0.4, -0.2) is 53.6 Å². The van der Waals surface area contributed by atoms with Crippen LogP contribution >= 0.6 is 0 Å². The number of alkyl halides is 3. The highest BCUT2D eigenvalue weighted by Gasteiger charge is 2.59. The molecule has 0 bridgehead atoms. The molecule has 1 fully saturated rings. The van der Waals surface area contributed by atoms with E-state index in [9.17, 15) is 32.7 Å². The van der Waals surface area contributed by atoms with Crippen molar-refractivity contribution in [3.8, 4) is 0 Å². The third kappa shape index (κ3) is 4.32. The van der Waals surface area contributed by atoms with E-state index in [1.54, 1.807) is 33.8 Å². The lowest BCUT2D eigenvalue weighted by Gasteiger charge is -2.43. The van der Waals surface area contributed by atoms with Gasteiger partial charge in [-0.15, -0.1) is 0 Å². The van der Waals surface area contributed by atoms with Gasteiger partial charge in [0.2, 0.25) is 0 Å². The topological polar surface area (TPSA) is 140 Å². The summed E-state index contributed by atoms with van der Waals surface area (Å²) in [6.45, 7) is 6.79. The maximum atomic E-state index is 13.7. The largest absolute Gasteiger partial charge is 0.443 e. The predicted octanol–water partition coefficient (Wildman–Crippen LogP) is 3.94. The van der Waals surface area contributed by atoms with Crippen LogP contribution < -0.4 is 16.2 Å². The number of rotatable bonds is 2. The Morgan fingerprint density at radius 1 is 1.18 bits per heavy atom. The number of carbonyl (C=O) groups is 2. The molecule has 1 aliphatic carbocycles. The molecule has 3 aromatic rings. The number of pyridine rings is 1. The Labute approximate surface area is 221 Å². The maximum absolute atomic E-state index is 13.7. The van der Waals surface area contributed by atoms with Crippen molar-refractivity contribution in [1.29, 1.82) is 0 Å². The number of amides is 1. The van der Waals surface area contributed by atoms with Crippen molar-refractivity contribution in [3.05, 3.63) is 46.3 Å². The second-order valence-corrected chi connectivity index (χ2v) is 11.0. The van der Waals surface area contributed by atoms with Crippen LogP contribution in [-0.2, 0) is 10.4 Å². The van der Waals surface area contributed by atoms with Crippen LogP contribution in [0.15, 0.2) is 29.5 Å². The molecule has 2 aliphatic rings. The molecule has 1 spiro atoms. The lowest BCUT2D eigenvalue weighted by molar-refractivity contribution is -0.275. The average Bonchev–Trinajstić information content (AvgIpc) is 3.38. The van der Waals surface area contributed by atoms with E-state index >= 15 is 0 Å². The van der Waals surface area contributed by atoms with Gasteiger partial charge in [-0.1, -0.05) is 0 Å². The summed E-state index contributed by atoms with van der Waals surface area (Å²) in [6, 6.07) is 3.03. The quantitative estimate of drug-likeness (QED) is 0.436. The smallest absolute Gasteiger partial charge is 0.420 e. The molecule has 0 aromatic carbocycles. The predicted molar refractivity (Wildman–Crippen MR) is 135 cm³/mol. The number of aryl methyl sites for hydroxylation is 1. The highest BCUT2D eigenvalue weighted by atomic mass is 19.4. The van der Waals surface area contributed by atoms with Gasteiger partial charge in [-0.25, -0.2) is 19.3 Å². The molecule has 11 nitrogen and oxygen atoms in total. The minimum absolute atomic E-state index is 0. The first kappa shape index (κ1) is 26.7. The Bertz CT molecular complexity index is 1570. The summed E-state index contributed by atoms with van der Waals surface area (Å²) in [5.74, 6) is -0.381. The van der Waals surface area contributed by atoms with Gasteiger partial charge in [0.1, 0.15) is 34.8 Å². The fourth-order valence-corrected chi connectivity index (χ4v) is 5.20. The summed E-state index contributed by atoms with van der Waals surface area (Å²) in [5.41, 5.74) is -4.98. The third-order valence-electron chi connectivity index (χ3n) is 7.14. The van der Waals surface area contributed by atoms with E-state index in [2.05, 4.69) is 20.6 Å².